The first-order chi connectivity index (χ1) is 12.4. The predicted octanol–water partition coefficient (Wildman–Crippen LogP) is 5.71. The van der Waals surface area contributed by atoms with Crippen molar-refractivity contribution in [1.29, 1.82) is 0 Å². The molecule has 3 heteroatoms. The summed E-state index contributed by atoms with van der Waals surface area (Å²) in [4.78, 5) is 9.65. The zero-order chi connectivity index (χ0) is 16.6. The third-order valence-electron chi connectivity index (χ3n) is 4.30. The average molecular weight is 322 g/mol. The van der Waals surface area contributed by atoms with Crippen LogP contribution >= 0.6 is 0 Å². The van der Waals surface area contributed by atoms with Gasteiger partial charge in [0.1, 0.15) is 16.8 Å². The van der Waals surface area contributed by atoms with Crippen molar-refractivity contribution in [1.82, 2.24) is 9.97 Å². The maximum atomic E-state index is 6.10. The molecule has 3 nitrogen and oxygen atoms in total. The van der Waals surface area contributed by atoms with Crippen molar-refractivity contribution in [2.75, 3.05) is 0 Å². The van der Waals surface area contributed by atoms with Crippen LogP contribution in [0.1, 0.15) is 0 Å². The molecule has 5 rings (SSSR count). The molecular formula is C22H14N2O. The van der Waals surface area contributed by atoms with E-state index in [2.05, 4.69) is 0 Å². The zero-order valence-corrected chi connectivity index (χ0v) is 13.4. The Morgan fingerprint density at radius 1 is 0.600 bits per heavy atom. The van der Waals surface area contributed by atoms with Gasteiger partial charge in [0.15, 0.2) is 11.4 Å². The summed E-state index contributed by atoms with van der Waals surface area (Å²) in [5.74, 6) is 0.707. The lowest BCUT2D eigenvalue weighted by atomic mass is 10.1. The van der Waals surface area contributed by atoms with Crippen molar-refractivity contribution in [3.63, 3.8) is 0 Å². The molecule has 0 spiro atoms. The minimum absolute atomic E-state index is 0.707. The highest BCUT2D eigenvalue weighted by Gasteiger charge is 2.17. The first-order valence-electron chi connectivity index (χ1n) is 8.20. The monoisotopic (exact) mass is 322 g/mol. The fourth-order valence-corrected chi connectivity index (χ4v) is 3.10. The number of benzene rings is 3. The van der Waals surface area contributed by atoms with Crippen LogP contribution < -0.4 is 0 Å². The SMILES string of the molecule is c1ccc(-c2nc(-c3ccccc3)c3oc4ccccc4c3n2)cc1. The van der Waals surface area contributed by atoms with Crippen LogP contribution in [-0.4, -0.2) is 9.97 Å². The van der Waals surface area contributed by atoms with E-state index in [1.807, 2.05) is 84.9 Å². The van der Waals surface area contributed by atoms with E-state index in [9.17, 15) is 0 Å². The third-order valence-corrected chi connectivity index (χ3v) is 4.30. The second kappa shape index (κ2) is 5.56. The summed E-state index contributed by atoms with van der Waals surface area (Å²) in [6, 6.07) is 28.1. The van der Waals surface area contributed by atoms with Crippen LogP contribution in [0.4, 0.5) is 0 Å². The highest BCUT2D eigenvalue weighted by molar-refractivity contribution is 6.07. The third kappa shape index (κ3) is 2.29. The number of nitrogens with zero attached hydrogens (tertiary/aromatic N) is 2. The summed E-state index contributed by atoms with van der Waals surface area (Å²) in [6.45, 7) is 0. The number of para-hydroxylation sites is 1. The fraction of sp³-hybridized carbons (Fsp3) is 0. The van der Waals surface area contributed by atoms with Crippen LogP contribution in [0.15, 0.2) is 89.3 Å². The Morgan fingerprint density at radius 2 is 1.24 bits per heavy atom. The van der Waals surface area contributed by atoms with Crippen molar-refractivity contribution < 1.29 is 4.42 Å². The minimum Gasteiger partial charge on any atom is -0.452 e. The molecule has 25 heavy (non-hydrogen) atoms. The Labute approximate surface area is 144 Å². The second-order valence-corrected chi connectivity index (χ2v) is 5.90. The Hall–Kier alpha value is -3.46. The number of fused-ring (bicyclic) bond motifs is 3. The summed E-state index contributed by atoms with van der Waals surface area (Å²) in [6.07, 6.45) is 0. The summed E-state index contributed by atoms with van der Waals surface area (Å²) in [5.41, 5.74) is 5.24. The Morgan fingerprint density at radius 3 is 2.00 bits per heavy atom. The van der Waals surface area contributed by atoms with E-state index in [4.69, 9.17) is 14.4 Å². The molecule has 0 amide bonds. The lowest BCUT2D eigenvalue weighted by Gasteiger charge is -2.05. The molecule has 0 bridgehead atoms. The quantitative estimate of drug-likeness (QED) is 0.418. The molecule has 2 aromatic heterocycles. The van der Waals surface area contributed by atoms with Crippen LogP contribution in [0, 0.1) is 0 Å². The number of furan rings is 1. The molecular weight excluding hydrogens is 308 g/mol. The van der Waals surface area contributed by atoms with E-state index in [0.717, 1.165) is 38.9 Å². The Balaban J connectivity index is 1.90. The van der Waals surface area contributed by atoms with Crippen LogP contribution in [0.25, 0.3) is 44.7 Å². The van der Waals surface area contributed by atoms with Gasteiger partial charge in [-0.1, -0.05) is 72.8 Å². The lowest BCUT2D eigenvalue weighted by Crippen LogP contribution is -1.93. The molecule has 0 atom stereocenters. The maximum absolute atomic E-state index is 6.10. The Kier molecular flexibility index (Phi) is 3.10. The normalized spacial score (nSPS) is 11.2. The van der Waals surface area contributed by atoms with Gasteiger partial charge in [0.25, 0.3) is 0 Å². The van der Waals surface area contributed by atoms with E-state index in [1.165, 1.54) is 0 Å². The molecule has 0 radical (unpaired) electrons. The largest absolute Gasteiger partial charge is 0.452 e. The maximum Gasteiger partial charge on any atom is 0.180 e. The summed E-state index contributed by atoms with van der Waals surface area (Å²) in [5, 5.41) is 1.01. The molecule has 0 aliphatic heterocycles. The van der Waals surface area contributed by atoms with E-state index < -0.39 is 0 Å². The molecule has 0 saturated carbocycles. The van der Waals surface area contributed by atoms with Crippen molar-refractivity contribution in [2.45, 2.75) is 0 Å². The van der Waals surface area contributed by atoms with E-state index in [0.29, 0.717) is 5.82 Å². The van der Waals surface area contributed by atoms with Crippen LogP contribution in [0.5, 0.6) is 0 Å². The van der Waals surface area contributed by atoms with Crippen LogP contribution in [0.2, 0.25) is 0 Å². The smallest absolute Gasteiger partial charge is 0.180 e. The van der Waals surface area contributed by atoms with Gasteiger partial charge in [-0.05, 0) is 12.1 Å². The van der Waals surface area contributed by atoms with Gasteiger partial charge in [0.2, 0.25) is 0 Å². The van der Waals surface area contributed by atoms with E-state index in [1.54, 1.807) is 0 Å². The standard InChI is InChI=1S/C22H14N2O/c1-3-9-15(10-4-1)19-21-20(17-13-7-8-14-18(17)25-21)24-22(23-19)16-11-5-2-6-12-16/h1-14H. The number of rotatable bonds is 2. The molecule has 3 aromatic carbocycles. The molecule has 0 unspecified atom stereocenters. The fourth-order valence-electron chi connectivity index (χ4n) is 3.10. The van der Waals surface area contributed by atoms with Crippen LogP contribution in [0.3, 0.4) is 0 Å². The van der Waals surface area contributed by atoms with E-state index in [-0.39, 0.29) is 0 Å². The van der Waals surface area contributed by atoms with Gasteiger partial charge in [-0.3, -0.25) is 0 Å². The van der Waals surface area contributed by atoms with Gasteiger partial charge in [-0.2, -0.15) is 0 Å². The molecule has 0 saturated heterocycles. The molecule has 2 heterocycles. The van der Waals surface area contributed by atoms with Crippen molar-refractivity contribution in [3.05, 3.63) is 84.9 Å². The van der Waals surface area contributed by atoms with Gasteiger partial charge in [0.05, 0.1) is 0 Å². The summed E-state index contributed by atoms with van der Waals surface area (Å²) in [7, 11) is 0. The van der Waals surface area contributed by atoms with Crippen molar-refractivity contribution in [2.24, 2.45) is 0 Å². The van der Waals surface area contributed by atoms with Gasteiger partial charge < -0.3 is 4.42 Å². The van der Waals surface area contributed by atoms with E-state index >= 15 is 0 Å². The predicted molar refractivity (Wildman–Crippen MR) is 100 cm³/mol. The van der Waals surface area contributed by atoms with Crippen molar-refractivity contribution in [3.8, 4) is 22.6 Å². The first kappa shape index (κ1) is 13.9. The van der Waals surface area contributed by atoms with Gasteiger partial charge in [-0.25, -0.2) is 9.97 Å². The number of hydrogen-bond donors (Lipinski definition) is 0. The molecule has 118 valence electrons. The molecule has 0 fully saturated rings. The number of aromatic nitrogens is 2. The lowest BCUT2D eigenvalue weighted by molar-refractivity contribution is 0.667. The first-order valence-corrected chi connectivity index (χ1v) is 8.20. The average Bonchev–Trinajstić information content (AvgIpc) is 3.07. The van der Waals surface area contributed by atoms with Gasteiger partial charge in [-0.15, -0.1) is 0 Å². The molecule has 0 N–H and O–H groups in total. The van der Waals surface area contributed by atoms with Crippen molar-refractivity contribution >= 4 is 22.1 Å². The summed E-state index contributed by atoms with van der Waals surface area (Å²) >= 11 is 0. The van der Waals surface area contributed by atoms with Gasteiger partial charge in [0, 0.05) is 16.5 Å². The second-order valence-electron chi connectivity index (χ2n) is 5.90. The Bertz CT molecular complexity index is 1180. The van der Waals surface area contributed by atoms with Crippen LogP contribution in [-0.2, 0) is 0 Å². The highest BCUT2D eigenvalue weighted by Crippen LogP contribution is 2.35. The summed E-state index contributed by atoms with van der Waals surface area (Å²) < 4.78 is 6.10. The van der Waals surface area contributed by atoms with Gasteiger partial charge >= 0.3 is 0 Å². The molecule has 5 aromatic rings. The topological polar surface area (TPSA) is 38.9 Å². The molecule has 0 aliphatic rings. The zero-order valence-electron chi connectivity index (χ0n) is 13.4. The minimum atomic E-state index is 0.707. The highest BCUT2D eigenvalue weighted by atomic mass is 16.3. The molecule has 0 aliphatic carbocycles. The number of hydrogen-bond acceptors (Lipinski definition) is 3.